The topological polar surface area (TPSA) is 80.7 Å². The van der Waals surface area contributed by atoms with Crippen molar-refractivity contribution in [2.45, 2.75) is 77.2 Å². The number of carbonyl (C=O) groups excluding carboxylic acids is 2. The van der Waals surface area contributed by atoms with Gasteiger partial charge < -0.3 is 9.84 Å². The molecule has 0 heterocycles. The number of hydrogen-bond donors (Lipinski definition) is 1. The molecule has 0 amide bonds. The van der Waals surface area contributed by atoms with E-state index in [0.29, 0.717) is 35.8 Å². The van der Waals surface area contributed by atoms with Gasteiger partial charge in [-0.1, -0.05) is 12.8 Å². The molecule has 0 spiro atoms. The monoisotopic (exact) mass is 444 g/mol. The van der Waals surface area contributed by atoms with Crippen molar-refractivity contribution >= 4 is 29.5 Å². The first-order valence-electron chi connectivity index (χ1n) is 11.5. The van der Waals surface area contributed by atoms with E-state index in [1.165, 1.54) is 24.3 Å². The lowest BCUT2D eigenvalue weighted by Gasteiger charge is -2.55. The van der Waals surface area contributed by atoms with Crippen molar-refractivity contribution in [2.24, 2.45) is 29.1 Å². The van der Waals surface area contributed by atoms with E-state index in [0.717, 1.165) is 49.9 Å². The molecular formula is C25H32O5S. The molecule has 0 bridgehead atoms. The van der Waals surface area contributed by atoms with Gasteiger partial charge in [0, 0.05) is 29.4 Å². The number of carbonyl (C=O) groups is 3. The van der Waals surface area contributed by atoms with Gasteiger partial charge in [-0.15, -0.1) is 18.2 Å². The van der Waals surface area contributed by atoms with E-state index in [1.54, 1.807) is 0 Å². The lowest BCUT2D eigenvalue weighted by molar-refractivity contribution is -0.167. The Morgan fingerprint density at radius 3 is 2.65 bits per heavy atom. The van der Waals surface area contributed by atoms with Crippen LogP contribution in [0, 0.1) is 41.4 Å². The Labute approximate surface area is 188 Å². The number of hydrogen-bond acceptors (Lipinski definition) is 5. The van der Waals surface area contributed by atoms with Crippen LogP contribution in [0.5, 0.6) is 0 Å². The van der Waals surface area contributed by atoms with Gasteiger partial charge in [0.2, 0.25) is 0 Å². The quantitative estimate of drug-likeness (QED) is 0.493. The molecule has 0 saturated heterocycles. The smallest absolute Gasteiger partial charge is 0.304 e. The molecule has 1 N–H and O–H groups in total. The Bertz CT molecular complexity index is 870. The standard InChI is InChI=1S/C25H32O5S/c1-4-25(30-15(2)26)13-10-20-18-5-6-19-16(17(18)9-12-24(20,25)3)7-8-21(27)23(19)31-14-11-22(28)29/h1,16-18,20H,5-14H2,2-3H3,(H,28,29). The van der Waals surface area contributed by atoms with E-state index in [1.807, 2.05) is 0 Å². The molecule has 4 aliphatic carbocycles. The summed E-state index contributed by atoms with van der Waals surface area (Å²) in [6, 6.07) is 0. The molecule has 3 saturated carbocycles. The lowest BCUT2D eigenvalue weighted by atomic mass is 9.50. The molecule has 6 unspecified atom stereocenters. The normalized spacial score (nSPS) is 39.2. The maximum Gasteiger partial charge on any atom is 0.304 e. The number of allylic oxidation sites excluding steroid dienone is 1. The minimum absolute atomic E-state index is 0.0796. The zero-order valence-corrected chi connectivity index (χ0v) is 19.3. The Hall–Kier alpha value is -1.74. The molecule has 5 nitrogen and oxygen atoms in total. The van der Waals surface area contributed by atoms with Gasteiger partial charge in [0.25, 0.3) is 0 Å². The summed E-state index contributed by atoms with van der Waals surface area (Å²) in [4.78, 5) is 36.3. The van der Waals surface area contributed by atoms with E-state index >= 15 is 0 Å². The predicted octanol–water partition coefficient (Wildman–Crippen LogP) is 4.60. The molecule has 0 radical (unpaired) electrons. The predicted molar refractivity (Wildman–Crippen MR) is 119 cm³/mol. The summed E-state index contributed by atoms with van der Waals surface area (Å²) in [5.74, 6) is 4.36. The molecule has 0 aromatic heterocycles. The van der Waals surface area contributed by atoms with Crippen LogP contribution in [0.1, 0.15) is 71.6 Å². The zero-order chi connectivity index (χ0) is 22.4. The number of terminal acetylenes is 1. The molecule has 4 rings (SSSR count). The summed E-state index contributed by atoms with van der Waals surface area (Å²) in [7, 11) is 0. The second-order valence-electron chi connectivity index (χ2n) is 9.95. The number of ketones is 1. The van der Waals surface area contributed by atoms with Crippen molar-refractivity contribution in [1.29, 1.82) is 0 Å². The molecule has 0 aromatic carbocycles. The molecule has 0 aliphatic heterocycles. The number of Topliss-reactive ketones (excluding diaryl/α,β-unsaturated/α-hetero) is 1. The van der Waals surface area contributed by atoms with Gasteiger partial charge in [0.15, 0.2) is 11.4 Å². The molecule has 3 fully saturated rings. The van der Waals surface area contributed by atoms with E-state index in [4.69, 9.17) is 16.3 Å². The van der Waals surface area contributed by atoms with Crippen molar-refractivity contribution in [1.82, 2.24) is 0 Å². The van der Waals surface area contributed by atoms with Gasteiger partial charge in [0.1, 0.15) is 0 Å². The van der Waals surface area contributed by atoms with Crippen molar-refractivity contribution < 1.29 is 24.2 Å². The summed E-state index contributed by atoms with van der Waals surface area (Å²) < 4.78 is 5.82. The highest BCUT2D eigenvalue weighted by Crippen LogP contribution is 2.66. The third kappa shape index (κ3) is 3.63. The Balaban J connectivity index is 1.58. The van der Waals surface area contributed by atoms with E-state index in [9.17, 15) is 14.4 Å². The van der Waals surface area contributed by atoms with Gasteiger partial charge >= 0.3 is 11.9 Å². The number of fused-ring (bicyclic) bond motifs is 5. The third-order valence-electron chi connectivity index (χ3n) is 8.66. The average Bonchev–Trinajstić information content (AvgIpc) is 3.01. The lowest BCUT2D eigenvalue weighted by Crippen LogP contribution is -2.53. The number of rotatable bonds is 5. The third-order valence-corrected chi connectivity index (χ3v) is 9.85. The first kappa shape index (κ1) is 22.5. The largest absolute Gasteiger partial charge is 0.481 e. The first-order chi connectivity index (χ1) is 14.7. The number of ether oxygens (including phenoxy) is 1. The van der Waals surface area contributed by atoms with Gasteiger partial charge in [-0.3, -0.25) is 14.4 Å². The van der Waals surface area contributed by atoms with Crippen LogP contribution >= 0.6 is 11.8 Å². The van der Waals surface area contributed by atoms with Gasteiger partial charge in [-0.2, -0.15) is 0 Å². The van der Waals surface area contributed by atoms with Crippen LogP contribution < -0.4 is 0 Å². The molecule has 4 aliphatic rings. The maximum atomic E-state index is 12.6. The highest BCUT2D eigenvalue weighted by Gasteiger charge is 2.64. The molecule has 0 aromatic rings. The summed E-state index contributed by atoms with van der Waals surface area (Å²) in [5.41, 5.74) is 0.294. The van der Waals surface area contributed by atoms with Gasteiger partial charge in [-0.25, -0.2) is 0 Å². The van der Waals surface area contributed by atoms with Crippen molar-refractivity contribution in [3.05, 3.63) is 10.5 Å². The Morgan fingerprint density at radius 1 is 1.19 bits per heavy atom. The number of aliphatic carboxylic acids is 1. The fourth-order valence-corrected chi connectivity index (χ4v) is 8.52. The average molecular weight is 445 g/mol. The number of esters is 1. The highest BCUT2D eigenvalue weighted by atomic mass is 32.2. The molecule has 6 atom stereocenters. The molecule has 6 heteroatoms. The summed E-state index contributed by atoms with van der Waals surface area (Å²) in [6.45, 7) is 3.67. The second kappa shape index (κ2) is 8.31. The molecule has 31 heavy (non-hydrogen) atoms. The number of thioether (sulfide) groups is 1. The van der Waals surface area contributed by atoms with Crippen LogP contribution in [0.2, 0.25) is 0 Å². The van der Waals surface area contributed by atoms with Gasteiger partial charge in [0.05, 0.1) is 6.42 Å². The fraction of sp³-hybridized carbons (Fsp3) is 0.720. The van der Waals surface area contributed by atoms with Crippen LogP contribution in [0.3, 0.4) is 0 Å². The zero-order valence-electron chi connectivity index (χ0n) is 18.4. The second-order valence-corrected chi connectivity index (χ2v) is 11.1. The number of carboxylic acid groups (broad SMARTS) is 1. The first-order valence-corrected chi connectivity index (χ1v) is 12.5. The van der Waals surface area contributed by atoms with Gasteiger partial charge in [-0.05, 0) is 74.2 Å². The maximum absolute atomic E-state index is 12.6. The van der Waals surface area contributed by atoms with Crippen LogP contribution in [0.25, 0.3) is 0 Å². The summed E-state index contributed by atoms with van der Waals surface area (Å²) in [6.07, 6.45) is 13.2. The van der Waals surface area contributed by atoms with Crippen LogP contribution in [0.4, 0.5) is 0 Å². The summed E-state index contributed by atoms with van der Waals surface area (Å²) >= 11 is 1.45. The van der Waals surface area contributed by atoms with Crippen LogP contribution in [-0.2, 0) is 19.1 Å². The summed E-state index contributed by atoms with van der Waals surface area (Å²) in [5, 5.41) is 8.96. The van der Waals surface area contributed by atoms with Crippen molar-refractivity contribution in [3.8, 4) is 12.3 Å². The van der Waals surface area contributed by atoms with E-state index in [2.05, 4.69) is 12.8 Å². The van der Waals surface area contributed by atoms with E-state index in [-0.39, 0.29) is 23.6 Å². The number of carboxylic acids is 1. The molecular weight excluding hydrogens is 412 g/mol. The van der Waals surface area contributed by atoms with Crippen molar-refractivity contribution in [3.63, 3.8) is 0 Å². The SMILES string of the molecule is C#CC1(OC(C)=O)CCC2C3CCC4=C(SCCC(=O)O)C(=O)CCC4C3CCC21C. The van der Waals surface area contributed by atoms with E-state index < -0.39 is 11.6 Å². The molecule has 168 valence electrons. The van der Waals surface area contributed by atoms with Crippen LogP contribution in [0.15, 0.2) is 10.5 Å². The Kier molecular flexibility index (Phi) is 6.02. The fourth-order valence-electron chi connectivity index (χ4n) is 7.34. The highest BCUT2D eigenvalue weighted by molar-refractivity contribution is 8.04. The Morgan fingerprint density at radius 2 is 1.97 bits per heavy atom. The minimum Gasteiger partial charge on any atom is -0.481 e. The minimum atomic E-state index is -0.820. The van der Waals surface area contributed by atoms with Crippen LogP contribution in [-0.4, -0.2) is 34.2 Å². The van der Waals surface area contributed by atoms with Crippen molar-refractivity contribution in [2.75, 3.05) is 5.75 Å².